The number of benzene rings is 1. The van der Waals surface area contributed by atoms with Crippen molar-refractivity contribution in [1.82, 2.24) is 45.4 Å². The lowest BCUT2D eigenvalue weighted by Crippen LogP contribution is -2.62. The molecular formula is C48H63N9O7S. The van der Waals surface area contributed by atoms with E-state index in [1.807, 2.05) is 18.4 Å². The van der Waals surface area contributed by atoms with E-state index in [0.29, 0.717) is 43.9 Å². The number of hydrazine groups is 1. The molecule has 0 spiro atoms. The molecule has 1 saturated carbocycles. The monoisotopic (exact) mass is 909 g/mol. The highest BCUT2D eigenvalue weighted by Gasteiger charge is 2.41. The van der Waals surface area contributed by atoms with E-state index in [0.717, 1.165) is 70.4 Å². The molecule has 4 amide bonds. The number of carbonyl (C=O) groups is 5. The number of rotatable bonds is 11. The fourth-order valence-electron chi connectivity index (χ4n) is 9.85. The van der Waals surface area contributed by atoms with Crippen LogP contribution in [0.25, 0.3) is 33.4 Å². The van der Waals surface area contributed by atoms with Crippen molar-refractivity contribution in [2.75, 3.05) is 47.4 Å². The fourth-order valence-corrected chi connectivity index (χ4v) is 10.7. The molecule has 16 nitrogen and oxygen atoms in total. The first kappa shape index (κ1) is 46.3. The number of esters is 1. The minimum absolute atomic E-state index is 0.0860. The number of pyridine rings is 1. The molecule has 2 saturated heterocycles. The number of fused-ring (bicyclic) bond motifs is 6. The standard InChI is InChI=1S/C48H63N9O7S/c1-8-56-38-18-17-30-21-32(38)33(43(56)31-15-11-19-49-41(31)28(2)63-7)23-48(3,4)27-64-47(62)34-16-12-20-57(53-34)46(61)35(22-39-51-37(30)26-65-39)52-44(59)42(29-13-9-10-14-29)55(6)40(58)25-54(5)45(60)36-24-50-36/h11,15,17-19,21,26,28-29,34-36,42,50,53H,8-10,12-14,16,20,22-25,27H2,1-7H3,(H,52,59)/t28-,34-,35-,36+,42-/m0/s1. The molecule has 65 heavy (non-hydrogen) atoms. The number of aromatic nitrogens is 3. The Labute approximate surface area is 384 Å². The predicted molar refractivity (Wildman–Crippen MR) is 247 cm³/mol. The molecule has 1 aliphatic carbocycles. The SMILES string of the molecule is CCn1c(-c2cccnc2[C@H](C)OC)c2c3cc(ccc31)-c1csc(n1)C[C@H](NC(=O)[C@H](C1CCCC1)N(C)C(=O)CN(C)C(=O)[C@H]1CN1)C(=O)N1CCC[C@H](N1)C(=O)OCC(C)(C)C2. The second-order valence-corrected chi connectivity index (χ2v) is 19.9. The summed E-state index contributed by atoms with van der Waals surface area (Å²) in [6, 6.07) is 7.43. The molecule has 8 rings (SSSR count). The van der Waals surface area contributed by atoms with Crippen molar-refractivity contribution in [3.8, 4) is 22.5 Å². The molecule has 6 bridgehead atoms. The van der Waals surface area contributed by atoms with Crippen LogP contribution >= 0.6 is 11.3 Å². The molecule has 0 radical (unpaired) electrons. The number of carbonyl (C=O) groups excluding carboxylic acids is 5. The lowest BCUT2D eigenvalue weighted by molar-refractivity contribution is -0.155. The van der Waals surface area contributed by atoms with E-state index >= 15 is 0 Å². The minimum Gasteiger partial charge on any atom is -0.464 e. The molecule has 5 atom stereocenters. The van der Waals surface area contributed by atoms with Gasteiger partial charge in [0.1, 0.15) is 18.1 Å². The Morgan fingerprint density at radius 2 is 1.88 bits per heavy atom. The van der Waals surface area contributed by atoms with Crippen molar-refractivity contribution in [2.24, 2.45) is 11.3 Å². The zero-order chi connectivity index (χ0) is 46.2. The van der Waals surface area contributed by atoms with E-state index in [1.165, 1.54) is 26.1 Å². The van der Waals surface area contributed by atoms with E-state index in [-0.39, 0.29) is 49.5 Å². The second-order valence-electron chi connectivity index (χ2n) is 18.9. The van der Waals surface area contributed by atoms with Gasteiger partial charge in [0.25, 0.3) is 5.91 Å². The number of likely N-dealkylation sites (N-methyl/N-ethyl adjacent to an activating group) is 2. The quantitative estimate of drug-likeness (QED) is 0.140. The van der Waals surface area contributed by atoms with Crippen LogP contribution in [0.3, 0.4) is 0 Å². The molecule has 3 aromatic heterocycles. The number of cyclic esters (lactones) is 1. The maximum absolute atomic E-state index is 14.7. The summed E-state index contributed by atoms with van der Waals surface area (Å²) in [6.45, 7) is 9.89. The summed E-state index contributed by atoms with van der Waals surface area (Å²) in [5.74, 6) is -1.95. The van der Waals surface area contributed by atoms with Gasteiger partial charge in [-0.05, 0) is 81.7 Å². The predicted octanol–water partition coefficient (Wildman–Crippen LogP) is 4.65. The third-order valence-electron chi connectivity index (χ3n) is 13.5. The van der Waals surface area contributed by atoms with Gasteiger partial charge in [-0.2, -0.15) is 0 Å². The average molecular weight is 910 g/mol. The first-order valence-corrected chi connectivity index (χ1v) is 23.9. The third kappa shape index (κ3) is 9.84. The van der Waals surface area contributed by atoms with Gasteiger partial charge in [-0.15, -0.1) is 11.3 Å². The van der Waals surface area contributed by atoms with Crippen LogP contribution in [0.4, 0.5) is 0 Å². The lowest BCUT2D eigenvalue weighted by Gasteiger charge is -2.37. The summed E-state index contributed by atoms with van der Waals surface area (Å²) in [6.07, 6.45) is 6.58. The van der Waals surface area contributed by atoms with Crippen LogP contribution in [0.15, 0.2) is 41.9 Å². The number of ether oxygens (including phenoxy) is 2. The van der Waals surface area contributed by atoms with Gasteiger partial charge in [-0.25, -0.2) is 10.4 Å². The van der Waals surface area contributed by atoms with Gasteiger partial charge in [-0.3, -0.25) is 34.0 Å². The highest BCUT2D eigenvalue weighted by atomic mass is 32.1. The van der Waals surface area contributed by atoms with Crippen LogP contribution in [-0.2, 0) is 52.8 Å². The maximum atomic E-state index is 14.7. The molecule has 1 aromatic carbocycles. The van der Waals surface area contributed by atoms with Crippen molar-refractivity contribution >= 4 is 51.8 Å². The normalized spacial score (nSPS) is 22.2. The van der Waals surface area contributed by atoms with Gasteiger partial charge in [-0.1, -0.05) is 32.8 Å². The van der Waals surface area contributed by atoms with Crippen LogP contribution in [0.1, 0.15) is 88.6 Å². The molecule has 4 aliphatic rings. The minimum atomic E-state index is -1.07. The largest absolute Gasteiger partial charge is 0.464 e. The van der Waals surface area contributed by atoms with E-state index in [2.05, 4.69) is 65.7 Å². The molecule has 0 unspecified atom stereocenters. The van der Waals surface area contributed by atoms with Crippen molar-refractivity contribution in [2.45, 2.75) is 116 Å². The number of thiazole rings is 1. The second kappa shape index (κ2) is 19.3. The van der Waals surface area contributed by atoms with Crippen molar-refractivity contribution in [1.29, 1.82) is 0 Å². The number of nitrogens with one attached hydrogen (secondary N) is 3. The molecule has 3 aliphatic heterocycles. The number of amides is 4. The topological polar surface area (TPSA) is 190 Å². The third-order valence-corrected chi connectivity index (χ3v) is 14.4. The first-order chi connectivity index (χ1) is 31.2. The number of hydrogen-bond acceptors (Lipinski definition) is 12. The van der Waals surface area contributed by atoms with Gasteiger partial charge in [0.2, 0.25) is 17.7 Å². The van der Waals surface area contributed by atoms with Crippen LogP contribution < -0.4 is 16.1 Å². The smallest absolute Gasteiger partial charge is 0.324 e. The Kier molecular flexibility index (Phi) is 13.8. The van der Waals surface area contributed by atoms with E-state index in [9.17, 15) is 24.0 Å². The number of hydrogen-bond donors (Lipinski definition) is 3. The van der Waals surface area contributed by atoms with E-state index < -0.39 is 41.3 Å². The summed E-state index contributed by atoms with van der Waals surface area (Å²) in [5, 5.41) is 11.2. The first-order valence-electron chi connectivity index (χ1n) is 23.0. The molecule has 4 aromatic rings. The maximum Gasteiger partial charge on any atom is 0.324 e. The average Bonchev–Trinajstić information content (AvgIpc) is 3.66. The molecule has 348 valence electrons. The van der Waals surface area contributed by atoms with Gasteiger partial charge in [0.05, 0.1) is 47.4 Å². The zero-order valence-electron chi connectivity index (χ0n) is 38.6. The van der Waals surface area contributed by atoms with Crippen molar-refractivity contribution in [3.05, 3.63) is 58.2 Å². The highest BCUT2D eigenvalue weighted by Crippen LogP contribution is 2.42. The van der Waals surface area contributed by atoms with E-state index in [4.69, 9.17) is 19.4 Å². The van der Waals surface area contributed by atoms with Crippen molar-refractivity contribution < 1.29 is 33.4 Å². The Hall–Kier alpha value is -5.23. The summed E-state index contributed by atoms with van der Waals surface area (Å²) in [4.78, 5) is 82.4. The molecule has 3 N–H and O–H groups in total. The summed E-state index contributed by atoms with van der Waals surface area (Å²) >= 11 is 1.42. The fraction of sp³-hybridized carbons (Fsp3) is 0.562. The summed E-state index contributed by atoms with van der Waals surface area (Å²) < 4.78 is 14.2. The summed E-state index contributed by atoms with van der Waals surface area (Å²) in [7, 11) is 4.89. The highest BCUT2D eigenvalue weighted by molar-refractivity contribution is 7.10. The Morgan fingerprint density at radius 3 is 2.60 bits per heavy atom. The number of aryl methyl sites for hydroxylation is 1. The van der Waals surface area contributed by atoms with E-state index in [1.54, 1.807) is 27.4 Å². The lowest BCUT2D eigenvalue weighted by atomic mass is 9.84. The molecule has 3 fully saturated rings. The van der Waals surface area contributed by atoms with Crippen molar-refractivity contribution in [3.63, 3.8) is 0 Å². The van der Waals surface area contributed by atoms with Crippen LogP contribution in [-0.4, -0.2) is 131 Å². The van der Waals surface area contributed by atoms with Gasteiger partial charge in [0, 0.05) is 86.3 Å². The number of nitrogens with zero attached hydrogens (tertiary/aromatic N) is 6. The van der Waals surface area contributed by atoms with Gasteiger partial charge < -0.3 is 34.5 Å². The van der Waals surface area contributed by atoms with Crippen LogP contribution in [0, 0.1) is 11.3 Å². The molecule has 17 heteroatoms. The zero-order valence-corrected chi connectivity index (χ0v) is 39.5. The van der Waals surface area contributed by atoms with Gasteiger partial charge >= 0.3 is 5.97 Å². The van der Waals surface area contributed by atoms with Crippen LogP contribution in [0.2, 0.25) is 0 Å². The Bertz CT molecular complexity index is 2440. The van der Waals surface area contributed by atoms with Crippen LogP contribution in [0.5, 0.6) is 0 Å². The summed E-state index contributed by atoms with van der Waals surface area (Å²) in [5.41, 5.74) is 9.30. The van der Waals surface area contributed by atoms with Gasteiger partial charge in [0.15, 0.2) is 0 Å². The molecular weight excluding hydrogens is 847 g/mol. The Morgan fingerprint density at radius 1 is 1.11 bits per heavy atom. The molecule has 6 heterocycles. The Balaban J connectivity index is 1.17. The number of methoxy groups -OCH3 is 1.